The van der Waals surface area contributed by atoms with Crippen molar-refractivity contribution >= 4 is 17.2 Å². The number of hydrogen-bond donors (Lipinski definition) is 2. The molecule has 0 aromatic rings. The number of thiocarbonyl (C=S) groups is 1. The van der Waals surface area contributed by atoms with Crippen molar-refractivity contribution in [3.8, 4) is 0 Å². The van der Waals surface area contributed by atoms with E-state index in [1.807, 2.05) is 20.8 Å². The minimum atomic E-state index is -1.01. The number of hydrogen-bond acceptors (Lipinski definition) is 5. The highest BCUT2D eigenvalue weighted by atomic mass is 32.1. The average Bonchev–Trinajstić information content (AvgIpc) is 2.57. The maximum absolute atomic E-state index is 10.1. The predicted molar refractivity (Wildman–Crippen MR) is 69.5 cm³/mol. The molecule has 0 saturated carbocycles. The second-order valence-electron chi connectivity index (χ2n) is 5.20. The van der Waals surface area contributed by atoms with Crippen LogP contribution in [0, 0.1) is 0 Å². The van der Waals surface area contributed by atoms with Gasteiger partial charge < -0.3 is 20.3 Å². The molecule has 0 aromatic heterocycles. The Labute approximate surface area is 108 Å². The van der Waals surface area contributed by atoms with Crippen LogP contribution in [-0.4, -0.2) is 52.8 Å². The molecule has 5 nitrogen and oxygen atoms in total. The molecule has 0 aliphatic carbocycles. The lowest BCUT2D eigenvalue weighted by Crippen LogP contribution is -2.51. The lowest BCUT2D eigenvalue weighted by molar-refractivity contribution is -0.239. The molecule has 6 heteroatoms. The van der Waals surface area contributed by atoms with E-state index in [4.69, 9.17) is 27.4 Å². The van der Waals surface area contributed by atoms with E-state index in [-0.39, 0.29) is 12.1 Å². The van der Waals surface area contributed by atoms with Crippen molar-refractivity contribution in [2.75, 3.05) is 13.7 Å². The molecule has 0 radical (unpaired) electrons. The molecule has 1 fully saturated rings. The van der Waals surface area contributed by atoms with Gasteiger partial charge in [0, 0.05) is 13.7 Å². The first-order chi connectivity index (χ1) is 7.76. The lowest BCUT2D eigenvalue weighted by Gasteiger charge is -2.34. The number of nitrogens with two attached hydrogens (primary N) is 1. The van der Waals surface area contributed by atoms with E-state index in [0.29, 0.717) is 11.5 Å². The van der Waals surface area contributed by atoms with Crippen LogP contribution in [0.5, 0.6) is 0 Å². The minimum absolute atomic E-state index is 0.0780. The number of rotatable bonds is 4. The lowest BCUT2D eigenvalue weighted by atomic mass is 10.1. The van der Waals surface area contributed by atoms with Crippen LogP contribution in [0.1, 0.15) is 27.2 Å². The quantitative estimate of drug-likeness (QED) is 0.566. The van der Waals surface area contributed by atoms with E-state index in [9.17, 15) is 5.11 Å². The van der Waals surface area contributed by atoms with E-state index in [1.165, 1.54) is 0 Å². The van der Waals surface area contributed by atoms with Crippen LogP contribution in [0.15, 0.2) is 0 Å². The van der Waals surface area contributed by atoms with Gasteiger partial charge in [0.05, 0.1) is 22.7 Å². The molecule has 3 N–H and O–H groups in total. The van der Waals surface area contributed by atoms with Crippen LogP contribution in [0.25, 0.3) is 0 Å². The molecule has 0 bridgehead atoms. The SMILES string of the molecule is CO[C@H]1CCN(C(O)OC(C)(C)C)[C@@H]1C(N)=S. The van der Waals surface area contributed by atoms with Crippen molar-refractivity contribution in [2.45, 2.75) is 51.4 Å². The summed E-state index contributed by atoms with van der Waals surface area (Å²) in [6.07, 6.45) is -0.310. The molecule has 1 aliphatic heterocycles. The van der Waals surface area contributed by atoms with Crippen molar-refractivity contribution < 1.29 is 14.6 Å². The third kappa shape index (κ3) is 3.86. The fraction of sp³-hybridized carbons (Fsp3) is 0.909. The summed E-state index contributed by atoms with van der Waals surface area (Å²) in [7, 11) is 1.62. The Hall–Kier alpha value is -0.270. The first-order valence-corrected chi connectivity index (χ1v) is 6.11. The summed E-state index contributed by atoms with van der Waals surface area (Å²) in [5.74, 6) is 0. The fourth-order valence-electron chi connectivity index (χ4n) is 2.01. The summed E-state index contributed by atoms with van der Waals surface area (Å²) in [5, 5.41) is 10.1. The monoisotopic (exact) mass is 262 g/mol. The number of ether oxygens (including phenoxy) is 2. The second kappa shape index (κ2) is 5.58. The van der Waals surface area contributed by atoms with Gasteiger partial charge in [0.2, 0.25) is 6.41 Å². The molecule has 100 valence electrons. The summed E-state index contributed by atoms with van der Waals surface area (Å²) in [6, 6.07) is -0.271. The molecule has 0 aromatic carbocycles. The molecule has 1 aliphatic rings. The van der Waals surface area contributed by atoms with E-state index in [0.717, 1.165) is 6.42 Å². The third-order valence-electron chi connectivity index (χ3n) is 2.72. The molecule has 1 rings (SSSR count). The maximum atomic E-state index is 10.1. The van der Waals surface area contributed by atoms with Gasteiger partial charge in [-0.05, 0) is 27.2 Å². The van der Waals surface area contributed by atoms with Gasteiger partial charge in [0.15, 0.2) is 0 Å². The van der Waals surface area contributed by atoms with Crippen LogP contribution >= 0.6 is 12.2 Å². The van der Waals surface area contributed by atoms with Crippen molar-refractivity contribution in [3.05, 3.63) is 0 Å². The standard InChI is InChI=1S/C11H22N2O3S/c1-11(2,3)16-10(14)13-6-5-7(15-4)8(13)9(12)17/h7-8,10,14H,5-6H2,1-4H3,(H2,12,17)/t7-,8-,10?/m0/s1. The van der Waals surface area contributed by atoms with E-state index in [1.54, 1.807) is 12.0 Å². The van der Waals surface area contributed by atoms with E-state index < -0.39 is 12.0 Å². The molecule has 3 atom stereocenters. The smallest absolute Gasteiger partial charge is 0.217 e. The highest BCUT2D eigenvalue weighted by Gasteiger charge is 2.41. The Morgan fingerprint density at radius 1 is 1.53 bits per heavy atom. The minimum Gasteiger partial charge on any atom is -0.392 e. The number of aliphatic hydroxyl groups excluding tert-OH is 1. The maximum Gasteiger partial charge on any atom is 0.217 e. The van der Waals surface area contributed by atoms with Crippen molar-refractivity contribution in [2.24, 2.45) is 5.73 Å². The predicted octanol–water partition coefficient (Wildman–Crippen LogP) is 0.453. The Balaban J connectivity index is 2.73. The van der Waals surface area contributed by atoms with Gasteiger partial charge in [-0.3, -0.25) is 0 Å². The highest BCUT2D eigenvalue weighted by molar-refractivity contribution is 7.80. The number of methoxy groups -OCH3 is 1. The van der Waals surface area contributed by atoms with Gasteiger partial charge in [-0.1, -0.05) is 12.2 Å². The molecule has 1 saturated heterocycles. The Bertz CT molecular complexity index is 280. The Morgan fingerprint density at radius 2 is 2.12 bits per heavy atom. The molecule has 1 unspecified atom stereocenters. The summed E-state index contributed by atoms with van der Waals surface area (Å²) in [5.41, 5.74) is 5.27. The molecular weight excluding hydrogens is 240 g/mol. The van der Waals surface area contributed by atoms with Gasteiger partial charge >= 0.3 is 0 Å². The Kier molecular flexibility index (Phi) is 4.86. The van der Waals surface area contributed by atoms with Crippen LogP contribution in [0.4, 0.5) is 0 Å². The zero-order valence-corrected chi connectivity index (χ0v) is 11.7. The van der Waals surface area contributed by atoms with E-state index >= 15 is 0 Å². The first kappa shape index (κ1) is 14.8. The summed E-state index contributed by atoms with van der Waals surface area (Å²) >= 11 is 5.03. The van der Waals surface area contributed by atoms with Crippen molar-refractivity contribution in [1.29, 1.82) is 0 Å². The van der Waals surface area contributed by atoms with E-state index in [2.05, 4.69) is 0 Å². The molecule has 1 heterocycles. The zero-order valence-electron chi connectivity index (χ0n) is 10.8. The zero-order chi connectivity index (χ0) is 13.2. The van der Waals surface area contributed by atoms with Crippen LogP contribution in [-0.2, 0) is 9.47 Å². The van der Waals surface area contributed by atoms with Gasteiger partial charge in [-0.15, -0.1) is 0 Å². The summed E-state index contributed by atoms with van der Waals surface area (Å²) in [4.78, 5) is 2.06. The molecule has 0 spiro atoms. The van der Waals surface area contributed by atoms with Gasteiger partial charge in [0.1, 0.15) is 0 Å². The van der Waals surface area contributed by atoms with Crippen LogP contribution in [0.2, 0.25) is 0 Å². The highest BCUT2D eigenvalue weighted by Crippen LogP contribution is 2.25. The third-order valence-corrected chi connectivity index (χ3v) is 2.96. The van der Waals surface area contributed by atoms with Gasteiger partial charge in [0.25, 0.3) is 0 Å². The molecule has 0 amide bonds. The largest absolute Gasteiger partial charge is 0.392 e. The van der Waals surface area contributed by atoms with Crippen LogP contribution < -0.4 is 5.73 Å². The normalized spacial score (nSPS) is 28.3. The van der Waals surface area contributed by atoms with Crippen LogP contribution in [0.3, 0.4) is 0 Å². The van der Waals surface area contributed by atoms with Gasteiger partial charge in [-0.25, -0.2) is 4.90 Å². The van der Waals surface area contributed by atoms with Gasteiger partial charge in [-0.2, -0.15) is 0 Å². The molecular formula is C11H22N2O3S. The number of likely N-dealkylation sites (tertiary alicyclic amines) is 1. The first-order valence-electron chi connectivity index (χ1n) is 5.70. The fourth-order valence-corrected chi connectivity index (χ4v) is 2.30. The topological polar surface area (TPSA) is 68.0 Å². The summed E-state index contributed by atoms with van der Waals surface area (Å²) in [6.45, 7) is 6.30. The molecule has 17 heavy (non-hydrogen) atoms. The van der Waals surface area contributed by atoms with Crippen molar-refractivity contribution in [3.63, 3.8) is 0 Å². The van der Waals surface area contributed by atoms with Crippen molar-refractivity contribution in [1.82, 2.24) is 4.90 Å². The second-order valence-corrected chi connectivity index (χ2v) is 5.68. The summed E-state index contributed by atoms with van der Waals surface area (Å²) < 4.78 is 10.8. The number of aliphatic hydroxyl groups is 1. The number of nitrogens with zero attached hydrogens (tertiary/aromatic N) is 1. The average molecular weight is 262 g/mol. The Morgan fingerprint density at radius 3 is 2.53 bits per heavy atom.